The third-order valence-corrected chi connectivity index (χ3v) is 8.39. The van der Waals surface area contributed by atoms with Crippen LogP contribution in [0.5, 0.6) is 0 Å². The number of thioether (sulfide) groups is 2. The average Bonchev–Trinajstić information content (AvgIpc) is 3.50. The standard InChI is InChI=1S/C19H21N7O6S3.2Na.2H/c27-12(6-11-2-1-5-33-11)21-14-16(30)26-15(18(31)32)10(8-34-17(14)26)9-35-19-22-23-24-25(19)4-3-20-7-13(28)29;;;;/h1-2,5,14,17,20H,3-4,6-9H2,(H,21,27)(H,28,29)(H,31,32);;;;/q;2*+1;2*-1/t14?,17-;;;;/m1..../s1. The molecule has 2 aromatic heterocycles. The first-order chi connectivity index (χ1) is 16.8. The van der Waals surface area contributed by atoms with Crippen molar-refractivity contribution in [3.8, 4) is 0 Å². The number of rotatable bonds is 12. The molecule has 0 spiro atoms. The summed E-state index contributed by atoms with van der Waals surface area (Å²) in [6.07, 6.45) is 0.170. The third-order valence-electron chi connectivity index (χ3n) is 5.13. The molecule has 0 bridgehead atoms. The van der Waals surface area contributed by atoms with E-state index in [2.05, 4.69) is 26.2 Å². The van der Waals surface area contributed by atoms with Gasteiger partial charge in [0.2, 0.25) is 11.1 Å². The van der Waals surface area contributed by atoms with Gasteiger partial charge in [0.25, 0.3) is 5.91 Å². The zero-order valence-corrected chi connectivity index (χ0v) is 26.6. The molecule has 2 aromatic rings. The van der Waals surface area contributed by atoms with Crippen molar-refractivity contribution in [2.45, 2.75) is 29.5 Å². The smallest absolute Gasteiger partial charge is 1.00 e. The molecule has 4 rings (SSSR count). The molecule has 1 unspecified atom stereocenters. The van der Waals surface area contributed by atoms with Crippen molar-refractivity contribution in [2.24, 2.45) is 0 Å². The van der Waals surface area contributed by atoms with Crippen LogP contribution in [-0.4, -0.2) is 95.1 Å². The van der Waals surface area contributed by atoms with E-state index in [0.717, 1.165) is 4.88 Å². The Morgan fingerprint density at radius 3 is 2.73 bits per heavy atom. The van der Waals surface area contributed by atoms with Gasteiger partial charge in [0, 0.05) is 22.9 Å². The number of carboxylic acids is 2. The zero-order valence-electron chi connectivity index (χ0n) is 22.1. The van der Waals surface area contributed by atoms with Gasteiger partial charge >= 0.3 is 71.1 Å². The maximum absolute atomic E-state index is 12.8. The topological polar surface area (TPSA) is 180 Å². The molecular formula is C19H23N7Na2O6S3. The number of carbonyl (C=O) groups is 4. The van der Waals surface area contributed by atoms with Crippen LogP contribution in [0.2, 0.25) is 0 Å². The number of carbonyl (C=O) groups excluding carboxylic acids is 2. The van der Waals surface area contributed by atoms with Crippen molar-refractivity contribution in [2.75, 3.05) is 24.6 Å². The van der Waals surface area contributed by atoms with E-state index in [-0.39, 0.29) is 92.3 Å². The fraction of sp³-hybridized carbons (Fsp3) is 0.421. The normalized spacial score (nSPS) is 18.3. The van der Waals surface area contributed by atoms with Crippen molar-refractivity contribution >= 4 is 58.6 Å². The number of amides is 2. The molecule has 4 heterocycles. The second kappa shape index (κ2) is 15.0. The summed E-state index contributed by atoms with van der Waals surface area (Å²) >= 11 is 4.08. The van der Waals surface area contributed by atoms with Crippen LogP contribution in [0.25, 0.3) is 0 Å². The molecule has 1 saturated heterocycles. The van der Waals surface area contributed by atoms with Gasteiger partial charge in [-0.3, -0.25) is 19.3 Å². The maximum Gasteiger partial charge on any atom is 1.00 e. The number of carboxylic acid groups (broad SMARTS) is 2. The molecule has 190 valence electrons. The zero-order chi connectivity index (χ0) is 24.9. The summed E-state index contributed by atoms with van der Waals surface area (Å²) < 4.78 is 1.49. The SMILES string of the molecule is O=C(O)CNCCn1nnnc1SCC1=C(C(=O)O)N2C(=O)C(NC(=O)Cc3cccs3)[C@H]2SC1.[H-].[H-].[Na+].[Na+]. The van der Waals surface area contributed by atoms with E-state index in [0.29, 0.717) is 29.6 Å². The molecule has 18 heteroatoms. The predicted octanol–water partition coefficient (Wildman–Crippen LogP) is -6.28. The molecule has 2 atom stereocenters. The van der Waals surface area contributed by atoms with E-state index >= 15 is 0 Å². The molecule has 1 fully saturated rings. The number of aliphatic carboxylic acids is 2. The average molecular weight is 588 g/mol. The van der Waals surface area contributed by atoms with Gasteiger partial charge in [-0.2, -0.15) is 0 Å². The quantitative estimate of drug-likeness (QED) is 0.0800. The number of nitrogens with zero attached hydrogens (tertiary/aromatic N) is 5. The number of hydrogen-bond donors (Lipinski definition) is 4. The van der Waals surface area contributed by atoms with Crippen LogP contribution in [-0.2, 0) is 32.1 Å². The van der Waals surface area contributed by atoms with Crippen molar-refractivity contribution in [1.82, 2.24) is 35.7 Å². The molecular weight excluding hydrogens is 564 g/mol. The second-order valence-electron chi connectivity index (χ2n) is 7.51. The summed E-state index contributed by atoms with van der Waals surface area (Å²) in [5, 5.41) is 37.3. The van der Waals surface area contributed by atoms with Crippen LogP contribution in [0.4, 0.5) is 0 Å². The van der Waals surface area contributed by atoms with E-state index in [1.807, 2.05) is 17.5 Å². The Kier molecular flexibility index (Phi) is 13.1. The molecule has 0 radical (unpaired) electrons. The fourth-order valence-corrected chi connectivity index (χ4v) is 6.65. The fourth-order valence-electron chi connectivity index (χ4n) is 3.56. The van der Waals surface area contributed by atoms with Gasteiger partial charge in [-0.15, -0.1) is 28.2 Å². The number of aromatic nitrogens is 4. The molecule has 4 N–H and O–H groups in total. The molecule has 37 heavy (non-hydrogen) atoms. The Bertz CT molecular complexity index is 1170. The van der Waals surface area contributed by atoms with Crippen molar-refractivity contribution in [1.29, 1.82) is 0 Å². The van der Waals surface area contributed by atoms with Crippen molar-refractivity contribution < 1.29 is 91.4 Å². The minimum absolute atomic E-state index is 0. The molecule has 2 aliphatic heterocycles. The van der Waals surface area contributed by atoms with Gasteiger partial charge < -0.3 is 23.7 Å². The first-order valence-electron chi connectivity index (χ1n) is 10.4. The number of thiophene rings is 1. The molecule has 2 aliphatic rings. The van der Waals surface area contributed by atoms with Crippen LogP contribution < -0.4 is 69.7 Å². The summed E-state index contributed by atoms with van der Waals surface area (Å²) in [5.74, 6) is -2.28. The number of nitrogens with one attached hydrogen (secondary N) is 2. The van der Waals surface area contributed by atoms with Gasteiger partial charge in [-0.25, -0.2) is 9.48 Å². The first kappa shape index (κ1) is 32.3. The number of fused-ring (bicyclic) bond motifs is 1. The number of β-lactam (4-membered cyclic amide) rings is 1. The molecule has 2 amide bonds. The van der Waals surface area contributed by atoms with E-state index in [1.165, 1.54) is 44.4 Å². The van der Waals surface area contributed by atoms with E-state index in [1.54, 1.807) is 0 Å². The number of tetrazole rings is 1. The van der Waals surface area contributed by atoms with Gasteiger partial charge in [-0.05, 0) is 27.4 Å². The predicted molar refractivity (Wildman–Crippen MR) is 129 cm³/mol. The largest absolute Gasteiger partial charge is 1.00 e. The van der Waals surface area contributed by atoms with Gasteiger partial charge in [0.1, 0.15) is 17.1 Å². The Balaban J connectivity index is 0.00000361. The second-order valence-corrected chi connectivity index (χ2v) is 10.6. The summed E-state index contributed by atoms with van der Waals surface area (Å²) in [4.78, 5) is 49.9. The molecule has 0 saturated carbocycles. The summed E-state index contributed by atoms with van der Waals surface area (Å²) in [6, 6.07) is 2.92. The van der Waals surface area contributed by atoms with Gasteiger partial charge in [0.05, 0.1) is 19.5 Å². The van der Waals surface area contributed by atoms with Gasteiger partial charge in [-0.1, -0.05) is 17.8 Å². The third kappa shape index (κ3) is 8.03. The van der Waals surface area contributed by atoms with E-state index < -0.39 is 29.3 Å². The Hall–Kier alpha value is -0.950. The van der Waals surface area contributed by atoms with E-state index in [9.17, 15) is 24.3 Å². The number of hydrogen-bond acceptors (Lipinski definition) is 11. The molecule has 0 aliphatic carbocycles. The Morgan fingerprint density at radius 2 is 2.05 bits per heavy atom. The van der Waals surface area contributed by atoms with Crippen LogP contribution in [0.3, 0.4) is 0 Å². The van der Waals surface area contributed by atoms with E-state index in [4.69, 9.17) is 5.11 Å². The van der Waals surface area contributed by atoms with Crippen LogP contribution >= 0.6 is 34.9 Å². The monoisotopic (exact) mass is 587 g/mol. The van der Waals surface area contributed by atoms with Crippen LogP contribution in [0.1, 0.15) is 7.73 Å². The molecule has 13 nitrogen and oxygen atoms in total. The summed E-state index contributed by atoms with van der Waals surface area (Å²) in [7, 11) is 0. The maximum atomic E-state index is 12.8. The van der Waals surface area contributed by atoms with Crippen LogP contribution in [0.15, 0.2) is 33.9 Å². The van der Waals surface area contributed by atoms with Gasteiger partial charge in [0.15, 0.2) is 0 Å². The van der Waals surface area contributed by atoms with Crippen LogP contribution in [0, 0.1) is 0 Å². The minimum atomic E-state index is -1.21. The summed E-state index contributed by atoms with van der Waals surface area (Å²) in [6.45, 7) is 0.492. The first-order valence-corrected chi connectivity index (χ1v) is 13.3. The Labute approximate surface area is 271 Å². The molecule has 0 aromatic carbocycles. The minimum Gasteiger partial charge on any atom is -1.00 e. The van der Waals surface area contributed by atoms with Crippen molar-refractivity contribution in [3.05, 3.63) is 33.7 Å². The summed E-state index contributed by atoms with van der Waals surface area (Å²) in [5.41, 5.74) is 0.483. The van der Waals surface area contributed by atoms with Crippen molar-refractivity contribution in [3.63, 3.8) is 0 Å². The Morgan fingerprint density at radius 1 is 1.27 bits per heavy atom.